The van der Waals surface area contributed by atoms with Crippen LogP contribution >= 0.6 is 23.2 Å². The lowest BCUT2D eigenvalue weighted by Crippen LogP contribution is -2.26. The highest BCUT2D eigenvalue weighted by atomic mass is 35.5. The summed E-state index contributed by atoms with van der Waals surface area (Å²) in [7, 11) is 0. The number of benzene rings is 1. The van der Waals surface area contributed by atoms with Gasteiger partial charge in [-0.25, -0.2) is 0 Å². The summed E-state index contributed by atoms with van der Waals surface area (Å²) < 4.78 is 0. The maximum Gasteiger partial charge on any atom is 0.246 e. The average Bonchev–Trinajstić information content (AvgIpc) is 2.86. The summed E-state index contributed by atoms with van der Waals surface area (Å²) in [5, 5.41) is 10.0. The van der Waals surface area contributed by atoms with Gasteiger partial charge in [-0.05, 0) is 42.5 Å². The van der Waals surface area contributed by atoms with Crippen LogP contribution in [0.25, 0.3) is 6.08 Å². The zero-order chi connectivity index (χ0) is 14.5. The van der Waals surface area contributed by atoms with Crippen LogP contribution in [0.5, 0.6) is 0 Å². The van der Waals surface area contributed by atoms with E-state index in [4.69, 9.17) is 28.3 Å². The first-order valence-corrected chi connectivity index (χ1v) is 7.38. The van der Waals surface area contributed by atoms with E-state index in [2.05, 4.69) is 0 Å². The average molecular weight is 314 g/mol. The van der Waals surface area contributed by atoms with Crippen LogP contribution in [-0.2, 0) is 4.79 Å². The van der Waals surface area contributed by atoms with E-state index in [1.165, 1.54) is 6.08 Å². The molecular formula is C15H17Cl2NO2. The molecule has 0 radical (unpaired) electrons. The van der Waals surface area contributed by atoms with Crippen LogP contribution in [0.1, 0.15) is 18.4 Å². The van der Waals surface area contributed by atoms with Gasteiger partial charge in [-0.2, -0.15) is 0 Å². The van der Waals surface area contributed by atoms with Crippen LogP contribution in [0.4, 0.5) is 0 Å². The second-order valence-electron chi connectivity index (χ2n) is 4.95. The molecule has 1 aliphatic rings. The summed E-state index contributed by atoms with van der Waals surface area (Å²) in [5.41, 5.74) is 0.774. The molecule has 1 N–H and O–H groups in total. The highest BCUT2D eigenvalue weighted by Crippen LogP contribution is 2.23. The molecule has 20 heavy (non-hydrogen) atoms. The number of hydrogen-bond acceptors (Lipinski definition) is 2. The summed E-state index contributed by atoms with van der Waals surface area (Å²) in [6.07, 6.45) is 4.97. The zero-order valence-electron chi connectivity index (χ0n) is 11.1. The largest absolute Gasteiger partial charge is 0.396 e. The van der Waals surface area contributed by atoms with Crippen LogP contribution in [0.15, 0.2) is 24.3 Å². The number of amides is 1. The molecule has 1 aliphatic heterocycles. The lowest BCUT2D eigenvalue weighted by atomic mass is 10.1. The number of carbonyl (C=O) groups is 1. The fourth-order valence-corrected chi connectivity index (χ4v) is 2.83. The standard InChI is InChI=1S/C15H17Cl2NO2/c16-13-3-1-12(14(17)9-13)2-4-15(20)18-7-5-11(10-18)6-8-19/h1-4,9,11,19H,5-8,10H2/b4-2+. The van der Waals surface area contributed by atoms with Crippen molar-refractivity contribution in [3.8, 4) is 0 Å². The minimum atomic E-state index is -0.0172. The van der Waals surface area contributed by atoms with Gasteiger partial charge in [0.25, 0.3) is 0 Å². The van der Waals surface area contributed by atoms with Gasteiger partial charge in [0.05, 0.1) is 0 Å². The molecule has 108 valence electrons. The van der Waals surface area contributed by atoms with Crippen LogP contribution < -0.4 is 0 Å². The number of hydrogen-bond donors (Lipinski definition) is 1. The molecular weight excluding hydrogens is 297 g/mol. The van der Waals surface area contributed by atoms with E-state index >= 15 is 0 Å². The fraction of sp³-hybridized carbons (Fsp3) is 0.400. The number of nitrogens with zero attached hydrogens (tertiary/aromatic N) is 1. The molecule has 1 aromatic carbocycles. The molecule has 5 heteroatoms. The number of rotatable bonds is 4. The van der Waals surface area contributed by atoms with Crippen molar-refractivity contribution in [3.63, 3.8) is 0 Å². The molecule has 1 aromatic rings. The second kappa shape index (κ2) is 7.11. The first-order valence-electron chi connectivity index (χ1n) is 6.63. The van der Waals surface area contributed by atoms with Gasteiger partial charge in [-0.3, -0.25) is 4.79 Å². The van der Waals surface area contributed by atoms with E-state index in [1.807, 2.05) is 0 Å². The smallest absolute Gasteiger partial charge is 0.246 e. The van der Waals surface area contributed by atoms with Crippen molar-refractivity contribution in [2.24, 2.45) is 5.92 Å². The van der Waals surface area contributed by atoms with Gasteiger partial charge in [0, 0.05) is 35.8 Å². The molecule has 2 rings (SSSR count). The molecule has 1 saturated heterocycles. The fourth-order valence-electron chi connectivity index (χ4n) is 2.35. The monoisotopic (exact) mass is 313 g/mol. The number of carbonyl (C=O) groups excluding carboxylic acids is 1. The summed E-state index contributed by atoms with van der Waals surface area (Å²) in [4.78, 5) is 13.9. The van der Waals surface area contributed by atoms with Gasteiger partial charge in [-0.15, -0.1) is 0 Å². The zero-order valence-corrected chi connectivity index (χ0v) is 12.6. The minimum Gasteiger partial charge on any atom is -0.396 e. The van der Waals surface area contributed by atoms with Gasteiger partial charge in [0.15, 0.2) is 0 Å². The van der Waals surface area contributed by atoms with Crippen LogP contribution in [0.2, 0.25) is 10.0 Å². The third-order valence-corrected chi connectivity index (χ3v) is 4.07. The van der Waals surface area contributed by atoms with Gasteiger partial charge in [-0.1, -0.05) is 29.3 Å². The molecule has 0 aliphatic carbocycles. The SMILES string of the molecule is O=C(/C=C/c1ccc(Cl)cc1Cl)N1CCC(CCO)C1. The molecule has 0 saturated carbocycles. The third kappa shape index (κ3) is 3.98. The van der Waals surface area contributed by atoms with Gasteiger partial charge in [0.2, 0.25) is 5.91 Å². The lowest BCUT2D eigenvalue weighted by Gasteiger charge is -2.13. The Morgan fingerprint density at radius 1 is 1.45 bits per heavy atom. The quantitative estimate of drug-likeness (QED) is 0.867. The Balaban J connectivity index is 1.96. The number of aliphatic hydroxyl groups excluding tert-OH is 1. The summed E-state index contributed by atoms with van der Waals surface area (Å²) in [6, 6.07) is 5.18. The van der Waals surface area contributed by atoms with Gasteiger partial charge < -0.3 is 10.0 Å². The predicted molar refractivity (Wildman–Crippen MR) is 81.9 cm³/mol. The summed E-state index contributed by atoms with van der Waals surface area (Å²) >= 11 is 11.9. The van der Waals surface area contributed by atoms with E-state index in [0.29, 0.717) is 16.0 Å². The molecule has 1 atom stereocenters. The molecule has 0 bridgehead atoms. The van der Waals surface area contributed by atoms with Crippen molar-refractivity contribution in [1.82, 2.24) is 4.90 Å². The van der Waals surface area contributed by atoms with Crippen LogP contribution in [0.3, 0.4) is 0 Å². The lowest BCUT2D eigenvalue weighted by molar-refractivity contribution is -0.125. The second-order valence-corrected chi connectivity index (χ2v) is 5.79. The number of aliphatic hydroxyl groups is 1. The van der Waals surface area contributed by atoms with Crippen molar-refractivity contribution in [2.45, 2.75) is 12.8 Å². The van der Waals surface area contributed by atoms with Crippen molar-refractivity contribution in [3.05, 3.63) is 39.9 Å². The van der Waals surface area contributed by atoms with E-state index in [0.717, 1.165) is 31.5 Å². The van der Waals surface area contributed by atoms with E-state index in [1.54, 1.807) is 29.2 Å². The Morgan fingerprint density at radius 2 is 2.25 bits per heavy atom. The van der Waals surface area contributed by atoms with Crippen molar-refractivity contribution in [1.29, 1.82) is 0 Å². The summed E-state index contributed by atoms with van der Waals surface area (Å²) in [6.45, 7) is 1.66. The summed E-state index contributed by atoms with van der Waals surface area (Å²) in [5.74, 6) is 0.396. The predicted octanol–water partition coefficient (Wildman–Crippen LogP) is 3.24. The van der Waals surface area contributed by atoms with E-state index in [9.17, 15) is 4.79 Å². The molecule has 0 spiro atoms. The highest BCUT2D eigenvalue weighted by Gasteiger charge is 2.24. The third-order valence-electron chi connectivity index (χ3n) is 3.50. The van der Waals surface area contributed by atoms with E-state index < -0.39 is 0 Å². The Kier molecular flexibility index (Phi) is 5.46. The van der Waals surface area contributed by atoms with Crippen molar-refractivity contribution in [2.75, 3.05) is 19.7 Å². The first-order chi connectivity index (χ1) is 9.60. The van der Waals surface area contributed by atoms with Gasteiger partial charge in [0.1, 0.15) is 0 Å². The molecule has 1 unspecified atom stereocenters. The molecule has 1 amide bonds. The maximum absolute atomic E-state index is 12.1. The molecule has 3 nitrogen and oxygen atoms in total. The first kappa shape index (κ1) is 15.4. The molecule has 1 heterocycles. The van der Waals surface area contributed by atoms with Crippen LogP contribution in [-0.4, -0.2) is 35.6 Å². The minimum absolute atomic E-state index is 0.0172. The Morgan fingerprint density at radius 3 is 2.95 bits per heavy atom. The Hall–Kier alpha value is -1.03. The van der Waals surface area contributed by atoms with E-state index in [-0.39, 0.29) is 12.5 Å². The molecule has 0 aromatic heterocycles. The Labute approximate surface area is 128 Å². The number of likely N-dealkylation sites (tertiary alicyclic amines) is 1. The van der Waals surface area contributed by atoms with Crippen molar-refractivity contribution < 1.29 is 9.90 Å². The number of halogens is 2. The topological polar surface area (TPSA) is 40.5 Å². The molecule has 1 fully saturated rings. The Bertz CT molecular complexity index is 517. The van der Waals surface area contributed by atoms with Crippen molar-refractivity contribution >= 4 is 35.2 Å². The highest BCUT2D eigenvalue weighted by molar-refractivity contribution is 6.35. The maximum atomic E-state index is 12.1. The van der Waals surface area contributed by atoms with Gasteiger partial charge >= 0.3 is 0 Å². The van der Waals surface area contributed by atoms with Crippen LogP contribution in [0, 0.1) is 5.92 Å². The normalized spacial score (nSPS) is 18.9.